The van der Waals surface area contributed by atoms with Gasteiger partial charge in [0.05, 0.1) is 30.5 Å². The zero-order chi connectivity index (χ0) is 46.8. The van der Waals surface area contributed by atoms with Gasteiger partial charge in [-0.25, -0.2) is 0 Å². The van der Waals surface area contributed by atoms with Crippen LogP contribution in [0.4, 0.5) is 0 Å². The third-order valence-corrected chi connectivity index (χ3v) is 13.3. The number of aromatic nitrogens is 3. The van der Waals surface area contributed by atoms with Crippen molar-refractivity contribution in [2.75, 3.05) is 0 Å². The van der Waals surface area contributed by atoms with Gasteiger partial charge in [-0.3, -0.25) is 4.98 Å². The van der Waals surface area contributed by atoms with Crippen molar-refractivity contribution in [2.24, 2.45) is 0 Å². The smallest absolute Gasteiger partial charge is 0.128 e. The van der Waals surface area contributed by atoms with Gasteiger partial charge in [-0.2, -0.15) is 0 Å². The third kappa shape index (κ3) is 7.99. The summed E-state index contributed by atoms with van der Waals surface area (Å²) in [5.41, 5.74) is 10.6. The standard InChI is InChI=1S/C44H41N2OSi.C12H10N.Ir/c1-27(2)36-25-31(29-15-9-8-10-16-29)26-37(28(3)4)40(36)46-41-38(21-14-22-39(41)48(5,6)7)45-44(46)35-20-13-19-33-34-24-23-30-17-11-12-18-32(30)42(34)47-43(33)35;1-10-7-8-12(13-9-10)11-5-3-2-4-6-11;/h8-19,21-28H,1-7H3;2-5,7-9H,1H3;/q2*-1;/i27D,28D;1D3;. The van der Waals surface area contributed by atoms with E-state index in [2.05, 4.69) is 114 Å². The quantitative estimate of drug-likeness (QED) is 0.118. The Bertz CT molecular complexity index is 3370. The fourth-order valence-electron chi connectivity index (χ4n) is 8.29. The van der Waals surface area contributed by atoms with E-state index in [4.69, 9.17) is 13.5 Å². The maximum Gasteiger partial charge on any atom is 0.128 e. The van der Waals surface area contributed by atoms with E-state index in [0.717, 1.165) is 88.5 Å². The van der Waals surface area contributed by atoms with E-state index in [-0.39, 0.29) is 25.7 Å². The van der Waals surface area contributed by atoms with E-state index in [1.54, 1.807) is 18.2 Å². The van der Waals surface area contributed by atoms with Crippen molar-refractivity contribution in [2.45, 2.75) is 66.0 Å². The number of imidazole rings is 1. The zero-order valence-corrected chi connectivity index (χ0v) is 39.4. The normalized spacial score (nSPS) is 13.4. The summed E-state index contributed by atoms with van der Waals surface area (Å²) in [6, 6.07) is 55.0. The van der Waals surface area contributed by atoms with E-state index in [1.807, 2.05) is 82.3 Å². The van der Waals surface area contributed by atoms with Crippen molar-refractivity contribution in [3.8, 4) is 39.5 Å². The molecule has 6 heteroatoms. The average Bonchev–Trinajstić information content (AvgIpc) is 3.87. The number of nitrogens with zero attached hydrogens (tertiary/aromatic N) is 3. The maximum atomic E-state index is 9.60. The molecule has 0 saturated carbocycles. The molecule has 0 N–H and O–H groups in total. The van der Waals surface area contributed by atoms with Crippen LogP contribution in [0.25, 0.3) is 83.2 Å². The molecule has 62 heavy (non-hydrogen) atoms. The Hall–Kier alpha value is -5.91. The number of para-hydroxylation sites is 1. The molecule has 4 nitrogen and oxygen atoms in total. The van der Waals surface area contributed by atoms with Gasteiger partial charge in [0.15, 0.2) is 0 Å². The largest absolute Gasteiger partial charge is 0.500 e. The second kappa shape index (κ2) is 17.5. The first-order valence-corrected chi connectivity index (χ1v) is 24.2. The van der Waals surface area contributed by atoms with Crippen molar-refractivity contribution in [3.63, 3.8) is 0 Å². The predicted molar refractivity (Wildman–Crippen MR) is 260 cm³/mol. The molecule has 311 valence electrons. The van der Waals surface area contributed by atoms with Gasteiger partial charge in [-0.05, 0) is 80.9 Å². The van der Waals surface area contributed by atoms with Crippen molar-refractivity contribution >= 4 is 57.0 Å². The SMILES string of the molecule is [2H]C(C)(C)c1cc(-c2ccccc2)cc(C([2H])(C)C)c1-n1c(-c2[c-]ccc3c2oc2c4ccccc4ccc32)nc2cccc([Si](C)(C)C)c21.[2H]C([2H])([2H])c1ccc(-c2[c-]cccc2)nc1.[Ir]. The summed E-state index contributed by atoms with van der Waals surface area (Å²) in [7, 11) is -1.94. The van der Waals surface area contributed by atoms with Gasteiger partial charge >= 0.3 is 0 Å². The summed E-state index contributed by atoms with van der Waals surface area (Å²) in [5, 5.41) is 5.51. The Morgan fingerprint density at radius 2 is 1.40 bits per heavy atom. The molecule has 0 aliphatic heterocycles. The first-order chi connectivity index (χ1) is 31.3. The number of aryl methyl sites for hydroxylation is 1. The zero-order valence-electron chi connectivity index (χ0n) is 41.0. The molecule has 0 bridgehead atoms. The van der Waals surface area contributed by atoms with E-state index < -0.39 is 26.7 Å². The molecule has 0 aliphatic rings. The van der Waals surface area contributed by atoms with Crippen LogP contribution in [-0.4, -0.2) is 22.6 Å². The van der Waals surface area contributed by atoms with Gasteiger partial charge in [0.25, 0.3) is 0 Å². The Kier molecular flexibility index (Phi) is 10.3. The predicted octanol–water partition coefficient (Wildman–Crippen LogP) is 14.9. The topological polar surface area (TPSA) is 43.9 Å². The van der Waals surface area contributed by atoms with Crippen LogP contribution in [0.3, 0.4) is 0 Å². The second-order valence-corrected chi connectivity index (χ2v) is 22.1. The van der Waals surface area contributed by atoms with Crippen molar-refractivity contribution in [1.82, 2.24) is 14.5 Å². The van der Waals surface area contributed by atoms with Crippen LogP contribution in [0, 0.1) is 19.0 Å². The number of fused-ring (bicyclic) bond motifs is 6. The van der Waals surface area contributed by atoms with Gasteiger partial charge in [0.1, 0.15) is 5.58 Å². The van der Waals surface area contributed by atoms with E-state index >= 15 is 0 Å². The molecule has 10 rings (SSSR count). The van der Waals surface area contributed by atoms with E-state index in [1.165, 1.54) is 11.4 Å². The molecule has 3 aromatic heterocycles. The summed E-state index contributed by atoms with van der Waals surface area (Å²) < 4.78 is 50.0. The number of hydrogen-bond acceptors (Lipinski definition) is 3. The minimum absolute atomic E-state index is 0. The second-order valence-electron chi connectivity index (χ2n) is 17.0. The molecule has 0 amide bonds. The molecule has 1 radical (unpaired) electrons. The van der Waals surface area contributed by atoms with Crippen LogP contribution in [-0.2, 0) is 20.1 Å². The molecule has 0 saturated heterocycles. The Labute approximate surface area is 387 Å². The van der Waals surface area contributed by atoms with Crippen molar-refractivity contribution in [1.29, 1.82) is 0 Å². The van der Waals surface area contributed by atoms with Crippen molar-refractivity contribution < 1.29 is 31.4 Å². The number of furan rings is 1. The van der Waals surface area contributed by atoms with Gasteiger partial charge < -0.3 is 14.0 Å². The monoisotopic (exact) mass is 1010 g/mol. The molecule has 0 aliphatic carbocycles. The minimum atomic E-state index is -2.09. The summed E-state index contributed by atoms with van der Waals surface area (Å²) >= 11 is 0. The van der Waals surface area contributed by atoms with Gasteiger partial charge in [0, 0.05) is 49.6 Å². The summed E-state index contributed by atoms with van der Waals surface area (Å²) in [6.45, 7) is 12.8. The van der Waals surface area contributed by atoms with Crippen LogP contribution >= 0.6 is 0 Å². The molecule has 0 unspecified atom stereocenters. The summed E-state index contributed by atoms with van der Waals surface area (Å²) in [5.74, 6) is -1.31. The van der Waals surface area contributed by atoms with Crippen LogP contribution < -0.4 is 5.19 Å². The molecule has 0 atom stereocenters. The van der Waals surface area contributed by atoms with Crippen LogP contribution in [0.5, 0.6) is 0 Å². The Morgan fingerprint density at radius 1 is 0.677 bits per heavy atom. The Balaban J connectivity index is 0.000000303. The number of pyridine rings is 1. The van der Waals surface area contributed by atoms with Crippen LogP contribution in [0.15, 0.2) is 156 Å². The number of rotatable bonds is 7. The van der Waals surface area contributed by atoms with Crippen molar-refractivity contribution in [3.05, 3.63) is 181 Å². The van der Waals surface area contributed by atoms with Gasteiger partial charge in [-0.1, -0.05) is 149 Å². The summed E-state index contributed by atoms with van der Waals surface area (Å²) in [6.07, 6.45) is 1.39. The third-order valence-electron chi connectivity index (χ3n) is 11.3. The minimum Gasteiger partial charge on any atom is -0.500 e. The van der Waals surface area contributed by atoms with Gasteiger partial charge in [0.2, 0.25) is 0 Å². The first kappa shape index (κ1) is 36.7. The molecule has 7 aromatic carbocycles. The molecular weight excluding hydrogens is 951 g/mol. The summed E-state index contributed by atoms with van der Waals surface area (Å²) in [4.78, 5) is 9.54. The fraction of sp³-hybridized carbons (Fsp3) is 0.179. The molecular formula is C56H51IrN3OSi-2. The van der Waals surface area contributed by atoms with E-state index in [0.29, 0.717) is 5.82 Å². The average molecular weight is 1010 g/mol. The number of benzene rings is 7. The molecule has 3 heterocycles. The van der Waals surface area contributed by atoms with Crippen LogP contribution in [0.2, 0.25) is 19.6 Å². The molecule has 10 aromatic rings. The fourth-order valence-corrected chi connectivity index (χ4v) is 9.84. The first-order valence-electron chi connectivity index (χ1n) is 23.2. The van der Waals surface area contributed by atoms with E-state index in [9.17, 15) is 2.74 Å². The Morgan fingerprint density at radius 3 is 2.08 bits per heavy atom. The maximum absolute atomic E-state index is 9.60. The molecule has 0 spiro atoms. The molecule has 0 fully saturated rings. The van der Waals surface area contributed by atoms with Crippen LogP contribution in [0.1, 0.15) is 63.0 Å². The van der Waals surface area contributed by atoms with Gasteiger partial charge in [-0.15, -0.1) is 54.1 Å². The number of hydrogen-bond donors (Lipinski definition) is 0.